The molecule has 1 atom stereocenters. The van der Waals surface area contributed by atoms with Gasteiger partial charge in [0.2, 0.25) is 5.91 Å². The normalized spacial score (nSPS) is 15.4. The molecule has 174 valence electrons. The van der Waals surface area contributed by atoms with Gasteiger partial charge in [0.1, 0.15) is 13.2 Å². The molecule has 0 saturated carbocycles. The Morgan fingerprint density at radius 2 is 1.97 bits per heavy atom. The third-order valence-corrected chi connectivity index (χ3v) is 7.43. The van der Waals surface area contributed by atoms with Crippen LogP contribution >= 0.6 is 22.7 Å². The molecule has 0 spiro atoms. The number of carbonyl (C=O) groups excluding carboxylic acids is 2. The Morgan fingerprint density at radius 1 is 1.15 bits per heavy atom. The molecule has 33 heavy (non-hydrogen) atoms. The summed E-state index contributed by atoms with van der Waals surface area (Å²) in [7, 11) is 0. The monoisotopic (exact) mass is 486 g/mol. The van der Waals surface area contributed by atoms with Crippen LogP contribution in [0.2, 0.25) is 0 Å². The van der Waals surface area contributed by atoms with Crippen LogP contribution in [0.1, 0.15) is 40.0 Å². The molecule has 0 N–H and O–H groups in total. The molecule has 4 rings (SSSR count). The Hall–Kier alpha value is -2.71. The number of amides is 2. The van der Waals surface area contributed by atoms with E-state index in [0.29, 0.717) is 18.0 Å². The largest absolute Gasteiger partial charge is 0.488 e. The maximum absolute atomic E-state index is 14.1. The first-order chi connectivity index (χ1) is 15.9. The molecule has 0 saturated heterocycles. The molecule has 8 heteroatoms. The van der Waals surface area contributed by atoms with E-state index in [-0.39, 0.29) is 42.7 Å². The summed E-state index contributed by atoms with van der Waals surface area (Å²) in [6.07, 6.45) is 0.762. The van der Waals surface area contributed by atoms with E-state index in [9.17, 15) is 14.0 Å². The molecule has 1 aliphatic heterocycles. The predicted octanol–water partition coefficient (Wildman–Crippen LogP) is 5.25. The maximum Gasteiger partial charge on any atom is 0.264 e. The molecule has 1 aromatic carbocycles. The summed E-state index contributed by atoms with van der Waals surface area (Å²) in [4.78, 5) is 31.8. The average Bonchev–Trinajstić information content (AvgIpc) is 3.49. The zero-order valence-corrected chi connectivity index (χ0v) is 20.3. The molecule has 2 aromatic heterocycles. The lowest BCUT2D eigenvalue weighted by Crippen LogP contribution is -2.48. The van der Waals surface area contributed by atoms with Crippen molar-refractivity contribution in [2.45, 2.75) is 26.3 Å². The van der Waals surface area contributed by atoms with E-state index in [1.165, 1.54) is 22.3 Å². The fourth-order valence-electron chi connectivity index (χ4n) is 4.08. The lowest BCUT2D eigenvalue weighted by molar-refractivity contribution is -0.135. The summed E-state index contributed by atoms with van der Waals surface area (Å²) in [6, 6.07) is 11.6. The molecule has 0 fully saturated rings. The summed E-state index contributed by atoms with van der Waals surface area (Å²) in [5.74, 6) is -0.284. The zero-order valence-electron chi connectivity index (χ0n) is 18.7. The van der Waals surface area contributed by atoms with Gasteiger partial charge in [0.05, 0.1) is 10.9 Å². The minimum absolute atomic E-state index is 0.00455. The van der Waals surface area contributed by atoms with E-state index in [1.54, 1.807) is 45.4 Å². The van der Waals surface area contributed by atoms with Gasteiger partial charge in [0.25, 0.3) is 5.91 Å². The molecular formula is C25H27FN2O3S2. The van der Waals surface area contributed by atoms with E-state index in [4.69, 9.17) is 4.74 Å². The zero-order chi connectivity index (χ0) is 23.4. The summed E-state index contributed by atoms with van der Waals surface area (Å²) in [5, 5.41) is 3.88. The SMILES string of the molecule is CC(C)CN(CC(=O)N1CCc2sccc2C1COc1ccccc1F)C(=O)c1cccs1. The van der Waals surface area contributed by atoms with Crippen molar-refractivity contribution in [1.29, 1.82) is 0 Å². The minimum atomic E-state index is -0.429. The van der Waals surface area contributed by atoms with Crippen molar-refractivity contribution in [3.05, 3.63) is 74.4 Å². The molecule has 0 aliphatic carbocycles. The molecular weight excluding hydrogens is 459 g/mol. The predicted molar refractivity (Wildman–Crippen MR) is 129 cm³/mol. The number of nitrogens with zero attached hydrogens (tertiary/aromatic N) is 2. The average molecular weight is 487 g/mol. The van der Waals surface area contributed by atoms with Crippen molar-refractivity contribution in [2.24, 2.45) is 5.92 Å². The molecule has 0 bridgehead atoms. The van der Waals surface area contributed by atoms with Crippen LogP contribution in [-0.2, 0) is 11.2 Å². The van der Waals surface area contributed by atoms with Crippen LogP contribution in [0.3, 0.4) is 0 Å². The van der Waals surface area contributed by atoms with Gasteiger partial charge < -0.3 is 14.5 Å². The highest BCUT2D eigenvalue weighted by atomic mass is 32.1. The second-order valence-electron chi connectivity index (χ2n) is 8.45. The van der Waals surface area contributed by atoms with E-state index in [1.807, 2.05) is 36.7 Å². The van der Waals surface area contributed by atoms with Crippen LogP contribution in [0.4, 0.5) is 4.39 Å². The number of thiophene rings is 2. The fourth-order valence-corrected chi connectivity index (χ4v) is 5.69. The smallest absolute Gasteiger partial charge is 0.264 e. The van der Waals surface area contributed by atoms with Gasteiger partial charge in [-0.2, -0.15) is 0 Å². The Morgan fingerprint density at radius 3 is 2.70 bits per heavy atom. The number of rotatable bonds is 8. The Labute approximate surface area is 201 Å². The first kappa shape index (κ1) is 23.4. The number of para-hydroxylation sites is 1. The summed E-state index contributed by atoms with van der Waals surface area (Å²) >= 11 is 3.04. The third kappa shape index (κ3) is 5.45. The van der Waals surface area contributed by atoms with Gasteiger partial charge in [-0.05, 0) is 52.9 Å². The molecule has 1 unspecified atom stereocenters. The van der Waals surface area contributed by atoms with Gasteiger partial charge in [-0.25, -0.2) is 4.39 Å². The van der Waals surface area contributed by atoms with Gasteiger partial charge in [-0.15, -0.1) is 22.7 Å². The van der Waals surface area contributed by atoms with Crippen molar-refractivity contribution in [2.75, 3.05) is 26.2 Å². The van der Waals surface area contributed by atoms with E-state index in [0.717, 1.165) is 12.0 Å². The summed E-state index contributed by atoms with van der Waals surface area (Å²) < 4.78 is 19.9. The molecule has 0 radical (unpaired) electrons. The van der Waals surface area contributed by atoms with Gasteiger partial charge in [-0.1, -0.05) is 32.0 Å². The topological polar surface area (TPSA) is 49.9 Å². The van der Waals surface area contributed by atoms with Crippen LogP contribution in [0.25, 0.3) is 0 Å². The van der Waals surface area contributed by atoms with Crippen LogP contribution in [0, 0.1) is 11.7 Å². The number of halogens is 1. The van der Waals surface area contributed by atoms with E-state index < -0.39 is 5.82 Å². The minimum Gasteiger partial charge on any atom is -0.488 e. The lowest BCUT2D eigenvalue weighted by atomic mass is 10.00. The lowest BCUT2D eigenvalue weighted by Gasteiger charge is -2.37. The van der Waals surface area contributed by atoms with Gasteiger partial charge in [0.15, 0.2) is 11.6 Å². The van der Waals surface area contributed by atoms with Crippen LogP contribution in [0.5, 0.6) is 5.75 Å². The Kier molecular flexibility index (Phi) is 7.45. The highest BCUT2D eigenvalue weighted by Gasteiger charge is 2.34. The van der Waals surface area contributed by atoms with E-state index >= 15 is 0 Å². The van der Waals surface area contributed by atoms with Crippen LogP contribution in [0.15, 0.2) is 53.2 Å². The first-order valence-electron chi connectivity index (χ1n) is 11.0. The number of hydrogen-bond acceptors (Lipinski definition) is 5. The number of carbonyl (C=O) groups is 2. The summed E-state index contributed by atoms with van der Waals surface area (Å²) in [5.41, 5.74) is 1.04. The number of ether oxygens (including phenoxy) is 1. The molecule has 2 amide bonds. The third-order valence-electron chi connectivity index (χ3n) is 5.58. The van der Waals surface area contributed by atoms with Gasteiger partial charge in [0, 0.05) is 18.0 Å². The van der Waals surface area contributed by atoms with Crippen LogP contribution < -0.4 is 4.74 Å². The fraction of sp³-hybridized carbons (Fsp3) is 0.360. The second-order valence-corrected chi connectivity index (χ2v) is 10.4. The quantitative estimate of drug-likeness (QED) is 0.437. The molecule has 3 aromatic rings. The Balaban J connectivity index is 1.53. The summed E-state index contributed by atoms with van der Waals surface area (Å²) in [6.45, 7) is 5.26. The first-order valence-corrected chi connectivity index (χ1v) is 12.8. The molecule has 1 aliphatic rings. The number of benzene rings is 1. The second kappa shape index (κ2) is 10.5. The van der Waals surface area contributed by atoms with Crippen molar-refractivity contribution in [3.8, 4) is 5.75 Å². The maximum atomic E-state index is 14.1. The molecule has 5 nitrogen and oxygen atoms in total. The number of fused-ring (bicyclic) bond motifs is 1. The highest BCUT2D eigenvalue weighted by molar-refractivity contribution is 7.12. The molecule has 3 heterocycles. The van der Waals surface area contributed by atoms with E-state index in [2.05, 4.69) is 0 Å². The van der Waals surface area contributed by atoms with Gasteiger partial charge in [-0.3, -0.25) is 9.59 Å². The van der Waals surface area contributed by atoms with Crippen molar-refractivity contribution in [1.82, 2.24) is 9.80 Å². The van der Waals surface area contributed by atoms with Crippen LogP contribution in [-0.4, -0.2) is 47.9 Å². The standard InChI is InChI=1S/C25H27FN2O3S2/c1-17(2)14-27(25(30)23-8-5-12-32-23)15-24(29)28-11-9-22-18(10-13-33-22)20(28)16-31-21-7-4-3-6-19(21)26/h3-8,10,12-13,17,20H,9,11,14-16H2,1-2H3. The Bertz CT molecular complexity index is 1100. The number of hydrogen-bond donors (Lipinski definition) is 0. The highest BCUT2D eigenvalue weighted by Crippen LogP contribution is 2.34. The van der Waals surface area contributed by atoms with Crippen molar-refractivity contribution < 1.29 is 18.7 Å². The van der Waals surface area contributed by atoms with Crippen molar-refractivity contribution >= 4 is 34.5 Å². The van der Waals surface area contributed by atoms with Gasteiger partial charge >= 0.3 is 0 Å². The van der Waals surface area contributed by atoms with Crippen molar-refractivity contribution in [3.63, 3.8) is 0 Å².